The zero-order valence-corrected chi connectivity index (χ0v) is 5.16. The molecule has 0 aromatic rings. The van der Waals surface area contributed by atoms with Crippen LogP contribution in [-0.4, -0.2) is 24.7 Å². The number of hydrogen-bond donors (Lipinski definition) is 0. The molecule has 0 N–H and O–H groups in total. The van der Waals surface area contributed by atoms with Gasteiger partial charge in [0.05, 0.1) is 0 Å². The van der Waals surface area contributed by atoms with E-state index in [1.54, 1.807) is 13.3 Å². The molecular formula is C5H10N2O. The highest BCUT2D eigenvalue weighted by Crippen LogP contribution is 1.74. The molecule has 0 radical (unpaired) electrons. The van der Waals surface area contributed by atoms with Gasteiger partial charge in [0.25, 0.3) is 0 Å². The van der Waals surface area contributed by atoms with Crippen molar-refractivity contribution in [2.75, 3.05) is 7.05 Å². The van der Waals surface area contributed by atoms with Gasteiger partial charge in [-0.05, 0) is 6.42 Å². The van der Waals surface area contributed by atoms with E-state index >= 15 is 0 Å². The summed E-state index contributed by atoms with van der Waals surface area (Å²) in [6, 6.07) is 0. The fraction of sp³-hybridized carbons (Fsp3) is 0.600. The van der Waals surface area contributed by atoms with E-state index in [4.69, 9.17) is 0 Å². The highest BCUT2D eigenvalue weighted by Gasteiger charge is 1.79. The molecule has 0 unspecified atom stereocenters. The Kier molecular flexibility index (Phi) is 3.84. The fourth-order valence-corrected chi connectivity index (χ4v) is 0.238. The molecule has 0 fully saturated rings. The molecule has 46 valence electrons. The molecule has 0 saturated heterocycles. The first-order valence-electron chi connectivity index (χ1n) is 2.51. The molecule has 3 nitrogen and oxygen atoms in total. The van der Waals surface area contributed by atoms with Crippen molar-refractivity contribution in [3.05, 3.63) is 0 Å². The first-order valence-corrected chi connectivity index (χ1v) is 2.51. The Bertz CT molecular complexity index is 90.4. The topological polar surface area (TPSA) is 32.7 Å². The van der Waals surface area contributed by atoms with Gasteiger partial charge >= 0.3 is 0 Å². The van der Waals surface area contributed by atoms with Crippen molar-refractivity contribution in [3.8, 4) is 0 Å². The van der Waals surface area contributed by atoms with Crippen LogP contribution in [0.3, 0.4) is 0 Å². The number of nitrogens with zero attached hydrogens (tertiary/aromatic N) is 2. The Morgan fingerprint density at radius 3 is 2.75 bits per heavy atom. The van der Waals surface area contributed by atoms with Crippen molar-refractivity contribution in [2.24, 2.45) is 5.10 Å². The highest BCUT2D eigenvalue weighted by molar-refractivity contribution is 5.58. The normalized spacial score (nSPS) is 9.75. The third-order valence-corrected chi connectivity index (χ3v) is 0.599. The summed E-state index contributed by atoms with van der Waals surface area (Å²) in [6.07, 6.45) is 3.19. The lowest BCUT2D eigenvalue weighted by Gasteiger charge is -1.97. The van der Waals surface area contributed by atoms with Crippen LogP contribution < -0.4 is 0 Å². The van der Waals surface area contributed by atoms with E-state index in [0.29, 0.717) is 6.41 Å². The molecule has 0 atom stereocenters. The van der Waals surface area contributed by atoms with Gasteiger partial charge in [-0.3, -0.25) is 4.79 Å². The highest BCUT2D eigenvalue weighted by atomic mass is 16.1. The van der Waals surface area contributed by atoms with E-state index in [0.717, 1.165) is 6.42 Å². The maximum atomic E-state index is 9.82. The summed E-state index contributed by atoms with van der Waals surface area (Å²) < 4.78 is 0. The van der Waals surface area contributed by atoms with Gasteiger partial charge in [-0.15, -0.1) is 0 Å². The van der Waals surface area contributed by atoms with Crippen LogP contribution in [0.1, 0.15) is 13.3 Å². The summed E-state index contributed by atoms with van der Waals surface area (Å²) in [4.78, 5) is 9.82. The zero-order valence-electron chi connectivity index (χ0n) is 5.16. The number of carbonyl (C=O) groups is 1. The summed E-state index contributed by atoms with van der Waals surface area (Å²) in [5.41, 5.74) is 0. The minimum absolute atomic E-state index is 0.659. The predicted molar refractivity (Wildman–Crippen MR) is 32.6 cm³/mol. The van der Waals surface area contributed by atoms with E-state index < -0.39 is 0 Å². The van der Waals surface area contributed by atoms with Crippen molar-refractivity contribution in [1.82, 2.24) is 5.01 Å². The maximum Gasteiger partial charge on any atom is 0.229 e. The van der Waals surface area contributed by atoms with Crippen LogP contribution in [0.15, 0.2) is 5.10 Å². The van der Waals surface area contributed by atoms with Crippen LogP contribution in [0, 0.1) is 0 Å². The number of carbonyl (C=O) groups excluding carboxylic acids is 1. The van der Waals surface area contributed by atoms with Gasteiger partial charge in [-0.2, -0.15) is 5.10 Å². The van der Waals surface area contributed by atoms with Crippen LogP contribution in [0.4, 0.5) is 0 Å². The zero-order chi connectivity index (χ0) is 6.41. The van der Waals surface area contributed by atoms with Gasteiger partial charge in [0, 0.05) is 13.3 Å². The van der Waals surface area contributed by atoms with Crippen molar-refractivity contribution in [2.45, 2.75) is 13.3 Å². The minimum Gasteiger partial charge on any atom is -0.277 e. The van der Waals surface area contributed by atoms with Crippen LogP contribution in [0.5, 0.6) is 0 Å². The summed E-state index contributed by atoms with van der Waals surface area (Å²) in [5.74, 6) is 0. The Morgan fingerprint density at radius 1 is 1.75 bits per heavy atom. The SMILES string of the molecule is CC/C=N\N(C)C=O. The molecular weight excluding hydrogens is 104 g/mol. The summed E-state index contributed by atoms with van der Waals surface area (Å²) in [7, 11) is 1.60. The molecule has 0 spiro atoms. The predicted octanol–water partition coefficient (Wildman–Crippen LogP) is 0.470. The average molecular weight is 114 g/mol. The smallest absolute Gasteiger partial charge is 0.229 e. The number of hydrazone groups is 1. The van der Waals surface area contributed by atoms with Crippen molar-refractivity contribution < 1.29 is 4.79 Å². The standard InChI is InChI=1S/C5H10N2O/c1-3-4-6-7(2)5-8/h4-5H,3H2,1-2H3/b6-4-. The molecule has 3 heteroatoms. The lowest BCUT2D eigenvalue weighted by Crippen LogP contribution is -2.06. The molecule has 0 bridgehead atoms. The molecule has 0 aliphatic rings. The van der Waals surface area contributed by atoms with Crippen LogP contribution in [-0.2, 0) is 4.79 Å². The van der Waals surface area contributed by atoms with E-state index in [1.807, 2.05) is 6.92 Å². The van der Waals surface area contributed by atoms with Gasteiger partial charge in [0.2, 0.25) is 6.41 Å². The lowest BCUT2D eigenvalue weighted by molar-refractivity contribution is -0.116. The molecule has 0 saturated carbocycles. The lowest BCUT2D eigenvalue weighted by atomic mass is 10.6. The maximum absolute atomic E-state index is 9.82. The third-order valence-electron chi connectivity index (χ3n) is 0.599. The molecule has 0 heterocycles. The van der Waals surface area contributed by atoms with Gasteiger partial charge in [0.1, 0.15) is 0 Å². The number of amides is 1. The van der Waals surface area contributed by atoms with Crippen LogP contribution >= 0.6 is 0 Å². The second-order valence-corrected chi connectivity index (χ2v) is 1.39. The molecule has 0 aromatic heterocycles. The summed E-state index contributed by atoms with van der Waals surface area (Å²) in [5, 5.41) is 4.93. The fourth-order valence-electron chi connectivity index (χ4n) is 0.238. The minimum atomic E-state index is 0.659. The van der Waals surface area contributed by atoms with Crippen molar-refractivity contribution >= 4 is 12.6 Å². The third kappa shape index (κ3) is 3.33. The van der Waals surface area contributed by atoms with Crippen molar-refractivity contribution in [1.29, 1.82) is 0 Å². The van der Waals surface area contributed by atoms with E-state index in [1.165, 1.54) is 5.01 Å². The quantitative estimate of drug-likeness (QED) is 0.298. The van der Waals surface area contributed by atoms with Gasteiger partial charge < -0.3 is 0 Å². The van der Waals surface area contributed by atoms with Gasteiger partial charge in [-0.1, -0.05) is 6.92 Å². The summed E-state index contributed by atoms with van der Waals surface area (Å²) in [6.45, 7) is 1.96. The van der Waals surface area contributed by atoms with E-state index in [-0.39, 0.29) is 0 Å². The van der Waals surface area contributed by atoms with Gasteiger partial charge in [-0.25, -0.2) is 5.01 Å². The Labute approximate surface area is 49.0 Å². The monoisotopic (exact) mass is 114 g/mol. The second kappa shape index (κ2) is 4.30. The van der Waals surface area contributed by atoms with Crippen molar-refractivity contribution in [3.63, 3.8) is 0 Å². The summed E-state index contributed by atoms with van der Waals surface area (Å²) >= 11 is 0. The average Bonchev–Trinajstić information content (AvgIpc) is 1.83. The Morgan fingerprint density at radius 2 is 2.38 bits per heavy atom. The first-order chi connectivity index (χ1) is 3.81. The molecule has 8 heavy (non-hydrogen) atoms. The first kappa shape index (κ1) is 7.14. The number of hydrogen-bond acceptors (Lipinski definition) is 2. The number of rotatable bonds is 3. The largest absolute Gasteiger partial charge is 0.277 e. The van der Waals surface area contributed by atoms with Crippen LogP contribution in [0.2, 0.25) is 0 Å². The van der Waals surface area contributed by atoms with E-state index in [9.17, 15) is 4.79 Å². The second-order valence-electron chi connectivity index (χ2n) is 1.39. The molecule has 1 amide bonds. The molecule has 0 aromatic carbocycles. The molecule has 0 rings (SSSR count). The Hall–Kier alpha value is -0.860. The Balaban J connectivity index is 3.35. The van der Waals surface area contributed by atoms with Gasteiger partial charge in [0.15, 0.2) is 0 Å². The van der Waals surface area contributed by atoms with E-state index in [2.05, 4.69) is 5.10 Å². The molecule has 0 aliphatic carbocycles. The van der Waals surface area contributed by atoms with Crippen LogP contribution in [0.25, 0.3) is 0 Å². The molecule has 0 aliphatic heterocycles.